The molecule has 0 N–H and O–H groups in total. The number of rotatable bonds is 14. The van der Waals surface area contributed by atoms with E-state index in [9.17, 15) is 10.1 Å². The first kappa shape index (κ1) is 30.7. The molecule has 0 atom stereocenters. The van der Waals surface area contributed by atoms with E-state index < -0.39 is 5.09 Å². The van der Waals surface area contributed by atoms with Gasteiger partial charge in [-0.3, -0.25) is 0 Å². The van der Waals surface area contributed by atoms with Gasteiger partial charge in [-0.05, 0) is 58.6 Å². The van der Waals surface area contributed by atoms with Crippen LogP contribution in [0.2, 0.25) is 0 Å². The van der Waals surface area contributed by atoms with Crippen LogP contribution in [0.1, 0.15) is 44.1 Å². The molecule has 0 bridgehead atoms. The lowest BCUT2D eigenvalue weighted by molar-refractivity contribution is -0.757. The molecule has 4 rings (SSSR count). The van der Waals surface area contributed by atoms with Crippen molar-refractivity contribution in [2.45, 2.75) is 51.5 Å². The summed E-state index contributed by atoms with van der Waals surface area (Å²) in [6.45, 7) is 1.58. The van der Waals surface area contributed by atoms with Crippen molar-refractivity contribution in [2.24, 2.45) is 0 Å². The molecule has 1 aromatic heterocycles. The summed E-state index contributed by atoms with van der Waals surface area (Å²) in [5, 5.41) is 11.5. The highest BCUT2D eigenvalue weighted by atomic mass is 79.9. The Balaban J connectivity index is 0.00000420. The highest BCUT2D eigenvalue weighted by Gasteiger charge is 2.30. The van der Waals surface area contributed by atoms with Gasteiger partial charge in [0.05, 0.1) is 50.0 Å². The zero-order valence-corrected chi connectivity index (χ0v) is 25.6. The van der Waals surface area contributed by atoms with Gasteiger partial charge in [-0.15, -0.1) is 10.1 Å². The summed E-state index contributed by atoms with van der Waals surface area (Å²) in [4.78, 5) is 14.5. The van der Waals surface area contributed by atoms with E-state index in [1.807, 2.05) is 12.1 Å². The van der Waals surface area contributed by atoms with E-state index in [1.54, 1.807) is 21.3 Å². The van der Waals surface area contributed by atoms with Gasteiger partial charge in [-0.25, -0.2) is 0 Å². The molecule has 11 heteroatoms. The average molecular weight is 670 g/mol. The van der Waals surface area contributed by atoms with Crippen LogP contribution in [0.5, 0.6) is 23.0 Å². The van der Waals surface area contributed by atoms with Crippen molar-refractivity contribution < 1.29 is 50.4 Å². The molecular weight excluding hydrogens is 636 g/mol. The van der Waals surface area contributed by atoms with Crippen molar-refractivity contribution >= 4 is 26.7 Å². The molecule has 0 saturated carbocycles. The standard InChI is InChI=1S/C28H34BrN2O7.BrH/c1-34-23-11-10-20-22(28(23)37-14-8-6-4-5-7-9-15-38-31(32)33)18-30-13-12-19-16-24(35-2)25(36-3)17-21(19)27(30)26(20)29;/h10-11,16-18H,4-9,12-15H2,1-3H3;1H/q+1;/p-1. The van der Waals surface area contributed by atoms with Crippen LogP contribution in [0.3, 0.4) is 0 Å². The molecule has 0 radical (unpaired) electrons. The van der Waals surface area contributed by atoms with E-state index in [-0.39, 0.29) is 23.6 Å². The molecule has 0 aliphatic carbocycles. The lowest BCUT2D eigenvalue weighted by Crippen LogP contribution is -3.00. The lowest BCUT2D eigenvalue weighted by Gasteiger charge is -2.20. The first-order chi connectivity index (χ1) is 18.5. The fourth-order valence-corrected chi connectivity index (χ4v) is 5.73. The number of benzene rings is 2. The molecule has 1 aliphatic rings. The summed E-state index contributed by atoms with van der Waals surface area (Å²) in [6, 6.07) is 8.12. The third-order valence-corrected chi connectivity index (χ3v) is 7.67. The Morgan fingerprint density at radius 3 is 2.21 bits per heavy atom. The van der Waals surface area contributed by atoms with Crippen LogP contribution in [0.25, 0.3) is 22.0 Å². The summed E-state index contributed by atoms with van der Waals surface area (Å²) in [7, 11) is 4.97. The van der Waals surface area contributed by atoms with Gasteiger partial charge in [0.1, 0.15) is 0 Å². The molecule has 0 fully saturated rings. The lowest BCUT2D eigenvalue weighted by atomic mass is 9.95. The van der Waals surface area contributed by atoms with Gasteiger partial charge in [-0.2, -0.15) is 4.57 Å². The number of fused-ring (bicyclic) bond motifs is 4. The molecule has 2 heterocycles. The van der Waals surface area contributed by atoms with Gasteiger partial charge in [0.2, 0.25) is 5.69 Å². The fourth-order valence-electron chi connectivity index (χ4n) is 4.95. The predicted molar refractivity (Wildman–Crippen MR) is 147 cm³/mol. The highest BCUT2D eigenvalue weighted by molar-refractivity contribution is 9.10. The topological polar surface area (TPSA) is 93.2 Å². The number of ether oxygens (including phenoxy) is 4. The van der Waals surface area contributed by atoms with E-state index >= 15 is 0 Å². The molecule has 0 amide bonds. The minimum absolute atomic E-state index is 0. The monoisotopic (exact) mass is 668 g/mol. The van der Waals surface area contributed by atoms with Crippen LogP contribution in [-0.2, 0) is 17.8 Å². The molecule has 0 saturated heterocycles. The number of nitrogens with zero attached hydrogens (tertiary/aromatic N) is 2. The summed E-state index contributed by atoms with van der Waals surface area (Å²) < 4.78 is 26.3. The number of pyridine rings is 1. The maximum absolute atomic E-state index is 10.2. The minimum Gasteiger partial charge on any atom is -1.00 e. The van der Waals surface area contributed by atoms with Gasteiger partial charge >= 0.3 is 0 Å². The summed E-state index contributed by atoms with van der Waals surface area (Å²) in [5.74, 6) is 2.89. The molecule has 0 unspecified atom stereocenters. The number of aryl methyl sites for hydroxylation is 2. The molecule has 3 aromatic rings. The maximum atomic E-state index is 10.2. The molecular formula is C28H34Br2N2O7. The summed E-state index contributed by atoms with van der Waals surface area (Å²) in [5.41, 5.74) is 3.43. The zero-order valence-electron chi connectivity index (χ0n) is 22.5. The highest BCUT2D eigenvalue weighted by Crippen LogP contribution is 2.44. The van der Waals surface area contributed by atoms with E-state index in [0.29, 0.717) is 24.5 Å². The van der Waals surface area contributed by atoms with E-state index in [4.69, 9.17) is 18.9 Å². The van der Waals surface area contributed by atoms with Crippen LogP contribution in [0.4, 0.5) is 0 Å². The second-order valence-corrected chi connectivity index (χ2v) is 9.98. The zero-order chi connectivity index (χ0) is 27.1. The van der Waals surface area contributed by atoms with Crippen molar-refractivity contribution in [3.05, 3.63) is 50.6 Å². The van der Waals surface area contributed by atoms with Gasteiger partial charge in [0, 0.05) is 11.8 Å². The predicted octanol–water partition coefficient (Wildman–Crippen LogP) is 3.07. The third-order valence-electron chi connectivity index (χ3n) is 6.86. The smallest absolute Gasteiger partial charge is 0.294 e. The molecule has 39 heavy (non-hydrogen) atoms. The Hall–Kier alpha value is -2.79. The van der Waals surface area contributed by atoms with Crippen molar-refractivity contribution in [3.8, 4) is 34.3 Å². The molecule has 9 nitrogen and oxygen atoms in total. The first-order valence-electron chi connectivity index (χ1n) is 12.9. The summed E-state index contributed by atoms with van der Waals surface area (Å²) >= 11 is 3.90. The quantitative estimate of drug-likeness (QED) is 0.113. The molecule has 0 spiro atoms. The Bertz CT molecular complexity index is 1300. The molecule has 212 valence electrons. The number of unbranched alkanes of at least 4 members (excludes halogenated alkanes) is 5. The van der Waals surface area contributed by atoms with E-state index in [1.165, 1.54) is 5.56 Å². The number of hydrogen-bond donors (Lipinski definition) is 0. The van der Waals surface area contributed by atoms with Crippen LogP contribution >= 0.6 is 15.9 Å². The van der Waals surface area contributed by atoms with Crippen molar-refractivity contribution in [3.63, 3.8) is 0 Å². The SMILES string of the molecule is COc1cc2c(cc1OC)-c1c(Br)c3ccc(OC)c(OCCCCCCCCO[N+](=O)[O-])c3c[n+]1CC2.[Br-]. The third kappa shape index (κ3) is 7.05. The Morgan fingerprint density at radius 1 is 0.897 bits per heavy atom. The van der Waals surface area contributed by atoms with Crippen LogP contribution in [-0.4, -0.2) is 39.6 Å². The van der Waals surface area contributed by atoms with Gasteiger partial charge < -0.3 is 40.8 Å². The van der Waals surface area contributed by atoms with E-state index in [0.717, 1.165) is 83.1 Å². The van der Waals surface area contributed by atoms with Crippen LogP contribution in [0.15, 0.2) is 34.9 Å². The number of hydrogen-bond acceptors (Lipinski definition) is 7. The second-order valence-electron chi connectivity index (χ2n) is 9.18. The van der Waals surface area contributed by atoms with Crippen LogP contribution in [0, 0.1) is 10.1 Å². The Morgan fingerprint density at radius 2 is 1.54 bits per heavy atom. The summed E-state index contributed by atoms with van der Waals surface area (Å²) in [6.07, 6.45) is 8.67. The van der Waals surface area contributed by atoms with Gasteiger partial charge in [0.15, 0.2) is 35.7 Å². The van der Waals surface area contributed by atoms with E-state index in [2.05, 4.69) is 43.7 Å². The molecule has 1 aliphatic heterocycles. The number of halogens is 2. The second kappa shape index (κ2) is 14.6. The van der Waals surface area contributed by atoms with Crippen molar-refractivity contribution in [2.75, 3.05) is 34.5 Å². The van der Waals surface area contributed by atoms with Crippen molar-refractivity contribution in [1.82, 2.24) is 0 Å². The number of aromatic nitrogens is 1. The minimum atomic E-state index is -0.737. The average Bonchev–Trinajstić information content (AvgIpc) is 2.92. The van der Waals surface area contributed by atoms with Crippen molar-refractivity contribution in [1.29, 1.82) is 0 Å². The normalized spacial score (nSPS) is 11.7. The first-order valence-corrected chi connectivity index (χ1v) is 13.7. The molecule has 2 aromatic carbocycles. The number of methoxy groups -OCH3 is 3. The Kier molecular flexibility index (Phi) is 11.5. The fraction of sp³-hybridized carbons (Fsp3) is 0.464. The largest absolute Gasteiger partial charge is 1.00 e. The van der Waals surface area contributed by atoms with Gasteiger partial charge in [-0.1, -0.05) is 25.7 Å². The maximum Gasteiger partial charge on any atom is 0.294 e. The Labute approximate surface area is 247 Å². The van der Waals surface area contributed by atoms with Crippen LogP contribution < -0.4 is 40.5 Å². The van der Waals surface area contributed by atoms with Gasteiger partial charge in [0.25, 0.3) is 5.09 Å².